The van der Waals surface area contributed by atoms with E-state index in [1.807, 2.05) is 37.3 Å². The maximum atomic E-state index is 12.9. The van der Waals surface area contributed by atoms with Crippen LogP contribution in [0.1, 0.15) is 41.8 Å². The van der Waals surface area contributed by atoms with Crippen LogP contribution >= 0.6 is 0 Å². The minimum atomic E-state index is -4.18. The van der Waals surface area contributed by atoms with Crippen molar-refractivity contribution in [3.63, 3.8) is 0 Å². The maximum Gasteiger partial charge on any atom is 0.296 e. The van der Waals surface area contributed by atoms with Gasteiger partial charge in [-0.15, -0.1) is 0 Å². The molecule has 3 aromatic carbocycles. The highest BCUT2D eigenvalue weighted by Gasteiger charge is 2.32. The first-order valence-corrected chi connectivity index (χ1v) is 12.6. The Balaban J connectivity index is 1.69. The number of fused-ring (bicyclic) bond motifs is 1. The number of aryl methyl sites for hydroxylation is 1. The summed E-state index contributed by atoms with van der Waals surface area (Å²) in [6.07, 6.45) is -0.420. The molecule has 2 atom stereocenters. The maximum absolute atomic E-state index is 12.9. The van der Waals surface area contributed by atoms with Gasteiger partial charge in [0.25, 0.3) is 10.1 Å². The molecule has 2 unspecified atom stereocenters. The van der Waals surface area contributed by atoms with Crippen molar-refractivity contribution in [2.24, 2.45) is 0 Å². The monoisotopic (exact) mass is 497 g/mol. The van der Waals surface area contributed by atoms with Crippen LogP contribution in [-0.4, -0.2) is 34.0 Å². The first-order valence-electron chi connectivity index (χ1n) is 11.8. The van der Waals surface area contributed by atoms with Crippen LogP contribution in [0.2, 0.25) is 0 Å². The van der Waals surface area contributed by atoms with Gasteiger partial charge < -0.3 is 14.2 Å². The highest BCUT2D eigenvalue weighted by molar-refractivity contribution is 7.86. The molecular formula is C27H28O7S. The Morgan fingerprint density at radius 1 is 1.09 bits per heavy atom. The van der Waals surface area contributed by atoms with Crippen molar-refractivity contribution in [2.75, 3.05) is 13.7 Å². The van der Waals surface area contributed by atoms with Crippen LogP contribution in [0.5, 0.6) is 17.2 Å². The van der Waals surface area contributed by atoms with Gasteiger partial charge in [-0.05, 0) is 31.5 Å². The van der Waals surface area contributed by atoms with Crippen LogP contribution in [0.15, 0.2) is 65.6 Å². The fourth-order valence-corrected chi connectivity index (χ4v) is 4.67. The first-order chi connectivity index (χ1) is 17.2. The van der Waals surface area contributed by atoms with Crippen LogP contribution in [-0.2, 0) is 27.3 Å². The molecule has 4 rings (SSSR count). The van der Waals surface area contributed by atoms with Crippen molar-refractivity contribution in [3.8, 4) is 17.2 Å². The molecule has 7 nitrogen and oxygen atoms in total. The fraction of sp³-hybridized carbons (Fsp3) is 0.296. The van der Waals surface area contributed by atoms with E-state index >= 15 is 0 Å². The molecule has 1 aliphatic heterocycles. The number of hydrogen-bond acceptors (Lipinski definition) is 7. The fourth-order valence-electron chi connectivity index (χ4n) is 3.84. The summed E-state index contributed by atoms with van der Waals surface area (Å²) in [7, 11) is -2.73. The number of ketones is 1. The number of rotatable bonds is 9. The number of carbonyl (C=O) groups excluding carboxylic acids is 1. The third kappa shape index (κ3) is 5.66. The van der Waals surface area contributed by atoms with Gasteiger partial charge in [0.05, 0.1) is 20.0 Å². The lowest BCUT2D eigenvalue weighted by Crippen LogP contribution is -2.26. The Morgan fingerprint density at radius 3 is 2.49 bits per heavy atom. The zero-order valence-corrected chi connectivity index (χ0v) is 20.6. The number of carbonyl (C=O) groups is 1. The molecule has 1 heterocycles. The molecule has 0 N–H and O–H groups in total. The molecule has 35 heavy (non-hydrogen) atoms. The summed E-state index contributed by atoms with van der Waals surface area (Å²) in [6, 6.07) is 17.2. The van der Waals surface area contributed by atoms with Crippen LogP contribution in [0.4, 0.5) is 0 Å². The summed E-state index contributed by atoms with van der Waals surface area (Å²) in [5.74, 6) is 0.689. The minimum Gasteiger partial charge on any atom is -0.496 e. The number of benzene rings is 3. The van der Waals surface area contributed by atoms with Gasteiger partial charge in [0.1, 0.15) is 35.5 Å². The molecule has 1 aliphatic rings. The van der Waals surface area contributed by atoms with Crippen molar-refractivity contribution in [1.82, 2.24) is 0 Å². The van der Waals surface area contributed by atoms with Gasteiger partial charge in [-0.25, -0.2) is 0 Å². The predicted molar refractivity (Wildman–Crippen MR) is 131 cm³/mol. The van der Waals surface area contributed by atoms with E-state index < -0.39 is 22.8 Å². The number of ether oxygens (including phenoxy) is 3. The van der Waals surface area contributed by atoms with Gasteiger partial charge in [-0.3, -0.25) is 8.98 Å². The van der Waals surface area contributed by atoms with Crippen LogP contribution < -0.4 is 14.2 Å². The second-order valence-corrected chi connectivity index (χ2v) is 9.90. The third-order valence-electron chi connectivity index (χ3n) is 5.63. The molecule has 184 valence electrons. The summed E-state index contributed by atoms with van der Waals surface area (Å²) in [5.41, 5.74) is 2.44. The largest absolute Gasteiger partial charge is 0.496 e. The molecular weight excluding hydrogens is 468 g/mol. The van der Waals surface area contributed by atoms with Gasteiger partial charge in [0, 0.05) is 24.5 Å². The van der Waals surface area contributed by atoms with Crippen LogP contribution in [0.3, 0.4) is 0 Å². The molecule has 0 spiro atoms. The molecule has 3 aromatic rings. The van der Waals surface area contributed by atoms with E-state index in [1.54, 1.807) is 25.1 Å². The normalized spacial score (nSPS) is 16.6. The molecule has 0 bridgehead atoms. The van der Waals surface area contributed by atoms with Gasteiger partial charge in [0.15, 0.2) is 5.78 Å². The number of Topliss-reactive ketones (excluding diaryl/α,β-unsaturated/α-hetero) is 1. The van der Waals surface area contributed by atoms with Crippen molar-refractivity contribution in [3.05, 3.63) is 82.9 Å². The molecule has 0 saturated heterocycles. The SMILES string of the molecule is [2H]C(Cc1c(OCc2ccccc2)cc(OC)c2c1OC(C)CC2=O)OS(=O)(=O)c1ccc(C)cc1. The summed E-state index contributed by atoms with van der Waals surface area (Å²) >= 11 is 0. The zero-order valence-electron chi connectivity index (χ0n) is 20.8. The Morgan fingerprint density at radius 2 is 1.80 bits per heavy atom. The highest BCUT2D eigenvalue weighted by Crippen LogP contribution is 2.43. The second-order valence-electron chi connectivity index (χ2n) is 8.32. The van der Waals surface area contributed by atoms with E-state index in [0.29, 0.717) is 17.1 Å². The second kappa shape index (κ2) is 10.5. The third-order valence-corrected chi connectivity index (χ3v) is 6.87. The molecule has 0 amide bonds. The summed E-state index contributed by atoms with van der Waals surface area (Å²) in [4.78, 5) is 12.8. The summed E-state index contributed by atoms with van der Waals surface area (Å²) in [5, 5.41) is 0. The smallest absolute Gasteiger partial charge is 0.296 e. The lowest BCUT2D eigenvalue weighted by atomic mass is 9.95. The quantitative estimate of drug-likeness (QED) is 0.389. The van der Waals surface area contributed by atoms with E-state index in [9.17, 15) is 13.2 Å². The van der Waals surface area contributed by atoms with E-state index in [-0.39, 0.29) is 41.4 Å². The molecule has 8 heteroatoms. The summed E-state index contributed by atoms with van der Waals surface area (Å²) in [6.45, 7) is 2.32. The van der Waals surface area contributed by atoms with Gasteiger partial charge in [-0.2, -0.15) is 8.42 Å². The molecule has 0 saturated carbocycles. The standard InChI is InChI=1S/C27H28O7S/c1-18-9-11-21(12-10-18)35(29,30)33-14-13-22-24(32-17-20-7-5-4-6-8-20)16-25(31-3)26-23(28)15-19(2)34-27(22)26/h4-12,16,19H,13-15,17H2,1-3H3/i14D. The van der Waals surface area contributed by atoms with E-state index in [0.717, 1.165) is 11.1 Å². The van der Waals surface area contributed by atoms with Gasteiger partial charge >= 0.3 is 0 Å². The van der Waals surface area contributed by atoms with Crippen molar-refractivity contribution in [1.29, 1.82) is 0 Å². The average Bonchev–Trinajstić information content (AvgIpc) is 2.84. The van der Waals surface area contributed by atoms with Crippen LogP contribution in [0, 0.1) is 6.92 Å². The molecule has 0 aliphatic carbocycles. The van der Waals surface area contributed by atoms with Crippen molar-refractivity contribution in [2.45, 2.75) is 44.3 Å². The topological polar surface area (TPSA) is 88.1 Å². The van der Waals surface area contributed by atoms with E-state index in [2.05, 4.69) is 0 Å². The molecule has 0 aromatic heterocycles. The lowest BCUT2D eigenvalue weighted by Gasteiger charge is -2.27. The number of hydrogen-bond donors (Lipinski definition) is 0. The highest BCUT2D eigenvalue weighted by atomic mass is 32.2. The Labute approximate surface area is 207 Å². The molecule has 0 radical (unpaired) electrons. The first kappa shape index (κ1) is 23.4. The predicted octanol–water partition coefficient (Wildman–Crippen LogP) is 4.88. The Hall–Kier alpha value is -3.36. The average molecular weight is 498 g/mol. The van der Waals surface area contributed by atoms with Gasteiger partial charge in [0.2, 0.25) is 0 Å². The summed E-state index contributed by atoms with van der Waals surface area (Å²) < 4.78 is 56.7. The number of methoxy groups -OCH3 is 1. The zero-order chi connectivity index (χ0) is 25.9. The molecule has 0 fully saturated rings. The Kier molecular flexibility index (Phi) is 7.01. The lowest BCUT2D eigenvalue weighted by molar-refractivity contribution is 0.0862. The minimum absolute atomic E-state index is 0.0392. The van der Waals surface area contributed by atoms with E-state index in [1.165, 1.54) is 19.2 Å². The van der Waals surface area contributed by atoms with Gasteiger partial charge in [-0.1, -0.05) is 48.0 Å². The van der Waals surface area contributed by atoms with Crippen molar-refractivity contribution < 1.29 is 33.0 Å². The Bertz CT molecular complexity index is 1340. The van der Waals surface area contributed by atoms with Crippen molar-refractivity contribution >= 4 is 15.9 Å². The van der Waals surface area contributed by atoms with E-state index in [4.69, 9.17) is 19.8 Å². The van der Waals surface area contributed by atoms with Crippen LogP contribution in [0.25, 0.3) is 0 Å².